The van der Waals surface area contributed by atoms with E-state index in [1.54, 1.807) is 25.3 Å². The molecule has 0 aromatic heterocycles. The number of rotatable bonds is 5. The minimum Gasteiger partial charge on any atom is -0.508 e. The maximum Gasteiger partial charge on any atom is 0.120 e. The molecule has 0 fully saturated rings. The minimum atomic E-state index is 0.267. The van der Waals surface area contributed by atoms with Gasteiger partial charge in [-0.25, -0.2) is 0 Å². The zero-order chi connectivity index (χ0) is 11.3. The Morgan fingerprint density at radius 2 is 2.33 bits per heavy atom. The Kier molecular flexibility index (Phi) is 4.65. The lowest BCUT2D eigenvalue weighted by Crippen LogP contribution is -2.14. The second-order valence-corrected chi connectivity index (χ2v) is 4.24. The third-order valence-corrected chi connectivity index (χ3v) is 2.20. The van der Waals surface area contributed by atoms with E-state index in [1.165, 1.54) is 0 Å². The Hall–Kier alpha value is -1.00. The summed E-state index contributed by atoms with van der Waals surface area (Å²) in [5, 5.41) is 12.7. The molecular weight excluding hydrogens is 258 g/mol. The van der Waals surface area contributed by atoms with Crippen LogP contribution in [-0.4, -0.2) is 18.8 Å². The summed E-state index contributed by atoms with van der Waals surface area (Å²) >= 11 is 3.25. The van der Waals surface area contributed by atoms with E-state index in [-0.39, 0.29) is 5.75 Å². The van der Waals surface area contributed by atoms with E-state index in [0.717, 1.165) is 15.8 Å². The quantitative estimate of drug-likeness (QED) is 0.864. The fourth-order valence-corrected chi connectivity index (χ4v) is 1.36. The number of phenols is 1. The molecule has 0 saturated heterocycles. The van der Waals surface area contributed by atoms with Gasteiger partial charge in [-0.15, -0.1) is 0 Å². The van der Waals surface area contributed by atoms with E-state index in [4.69, 9.17) is 4.74 Å². The van der Waals surface area contributed by atoms with E-state index in [9.17, 15) is 5.11 Å². The van der Waals surface area contributed by atoms with Crippen molar-refractivity contribution in [2.75, 3.05) is 13.7 Å². The second-order valence-electron chi connectivity index (χ2n) is 3.12. The van der Waals surface area contributed by atoms with Crippen molar-refractivity contribution in [1.82, 2.24) is 5.32 Å². The first kappa shape index (κ1) is 12.1. The van der Waals surface area contributed by atoms with Crippen molar-refractivity contribution in [2.24, 2.45) is 0 Å². The predicted octanol–water partition coefficient (Wildman–Crippen LogP) is 2.40. The summed E-state index contributed by atoms with van der Waals surface area (Å²) in [7, 11) is 1.60. The summed E-state index contributed by atoms with van der Waals surface area (Å²) in [5.74, 6) is 1.01. The van der Waals surface area contributed by atoms with Crippen LogP contribution in [0.5, 0.6) is 11.5 Å². The van der Waals surface area contributed by atoms with Crippen molar-refractivity contribution in [3.05, 3.63) is 34.8 Å². The maximum atomic E-state index is 9.57. The number of phenolic OH excluding ortho intramolecular Hbond substituents is 1. The molecule has 0 atom stereocenters. The van der Waals surface area contributed by atoms with Gasteiger partial charge in [0, 0.05) is 23.1 Å². The van der Waals surface area contributed by atoms with Gasteiger partial charge in [-0.05, 0) is 18.2 Å². The van der Waals surface area contributed by atoms with Gasteiger partial charge in [-0.2, -0.15) is 0 Å². The van der Waals surface area contributed by atoms with Crippen LogP contribution in [0.15, 0.2) is 29.3 Å². The summed E-state index contributed by atoms with van der Waals surface area (Å²) in [6, 6.07) is 5.15. The SMILES string of the molecule is C=C(Br)CNCc1cc(OC)ccc1O. The Morgan fingerprint density at radius 3 is 2.93 bits per heavy atom. The van der Waals surface area contributed by atoms with Crippen molar-refractivity contribution >= 4 is 15.9 Å². The van der Waals surface area contributed by atoms with Gasteiger partial charge in [0.25, 0.3) is 0 Å². The number of methoxy groups -OCH3 is 1. The van der Waals surface area contributed by atoms with Gasteiger partial charge in [-0.3, -0.25) is 0 Å². The second kappa shape index (κ2) is 5.78. The Bertz CT molecular complexity index is 352. The van der Waals surface area contributed by atoms with E-state index >= 15 is 0 Å². The molecule has 0 spiro atoms. The van der Waals surface area contributed by atoms with Gasteiger partial charge in [0.05, 0.1) is 7.11 Å². The maximum absolute atomic E-state index is 9.57. The molecule has 0 saturated carbocycles. The molecule has 0 amide bonds. The molecule has 82 valence electrons. The van der Waals surface area contributed by atoms with Crippen LogP contribution in [-0.2, 0) is 6.54 Å². The number of aromatic hydroxyl groups is 1. The van der Waals surface area contributed by atoms with Gasteiger partial charge in [-0.1, -0.05) is 22.5 Å². The van der Waals surface area contributed by atoms with Crippen LogP contribution >= 0.6 is 15.9 Å². The van der Waals surface area contributed by atoms with Gasteiger partial charge in [0.1, 0.15) is 11.5 Å². The third kappa shape index (κ3) is 3.93. The Labute approximate surface area is 97.9 Å². The van der Waals surface area contributed by atoms with Crippen molar-refractivity contribution in [3.63, 3.8) is 0 Å². The predicted molar refractivity (Wildman–Crippen MR) is 64.4 cm³/mol. The van der Waals surface area contributed by atoms with Crippen LogP contribution in [0, 0.1) is 0 Å². The van der Waals surface area contributed by atoms with E-state index in [2.05, 4.69) is 27.8 Å². The number of hydrogen-bond donors (Lipinski definition) is 2. The number of hydrogen-bond acceptors (Lipinski definition) is 3. The van der Waals surface area contributed by atoms with Crippen molar-refractivity contribution in [3.8, 4) is 11.5 Å². The van der Waals surface area contributed by atoms with Gasteiger partial charge < -0.3 is 15.2 Å². The van der Waals surface area contributed by atoms with Crippen LogP contribution < -0.4 is 10.1 Å². The summed E-state index contributed by atoms with van der Waals surface area (Å²) in [6.45, 7) is 4.95. The molecule has 2 N–H and O–H groups in total. The molecule has 0 radical (unpaired) electrons. The van der Waals surface area contributed by atoms with Crippen molar-refractivity contribution < 1.29 is 9.84 Å². The number of halogens is 1. The lowest BCUT2D eigenvalue weighted by atomic mass is 10.2. The Morgan fingerprint density at radius 1 is 1.60 bits per heavy atom. The number of nitrogens with one attached hydrogen (secondary N) is 1. The highest BCUT2D eigenvalue weighted by atomic mass is 79.9. The average Bonchev–Trinajstić information content (AvgIpc) is 2.20. The molecule has 0 aliphatic carbocycles. The largest absolute Gasteiger partial charge is 0.508 e. The summed E-state index contributed by atoms with van der Waals surface area (Å²) in [5.41, 5.74) is 0.808. The molecule has 0 unspecified atom stereocenters. The molecule has 15 heavy (non-hydrogen) atoms. The van der Waals surface area contributed by atoms with Crippen LogP contribution in [0.4, 0.5) is 0 Å². The van der Waals surface area contributed by atoms with Gasteiger partial charge in [0.2, 0.25) is 0 Å². The van der Waals surface area contributed by atoms with E-state index in [1.807, 2.05) is 0 Å². The molecule has 1 rings (SSSR count). The first-order chi connectivity index (χ1) is 7.13. The molecule has 1 aromatic carbocycles. The van der Waals surface area contributed by atoms with Crippen molar-refractivity contribution in [1.29, 1.82) is 0 Å². The first-order valence-electron chi connectivity index (χ1n) is 4.53. The molecule has 0 aliphatic rings. The topological polar surface area (TPSA) is 41.5 Å². The fraction of sp³-hybridized carbons (Fsp3) is 0.273. The standard InChI is InChI=1S/C11H14BrNO2/c1-8(12)6-13-7-9-5-10(15-2)3-4-11(9)14/h3-5,13-14H,1,6-7H2,2H3. The van der Waals surface area contributed by atoms with Crippen LogP contribution in [0.1, 0.15) is 5.56 Å². The minimum absolute atomic E-state index is 0.267. The fourth-order valence-electron chi connectivity index (χ4n) is 1.16. The molecule has 3 nitrogen and oxygen atoms in total. The van der Waals surface area contributed by atoms with Gasteiger partial charge in [0.15, 0.2) is 0 Å². The molecule has 0 bridgehead atoms. The highest BCUT2D eigenvalue weighted by molar-refractivity contribution is 9.11. The Balaban J connectivity index is 2.62. The van der Waals surface area contributed by atoms with Crippen molar-refractivity contribution in [2.45, 2.75) is 6.54 Å². The highest BCUT2D eigenvalue weighted by Gasteiger charge is 2.02. The van der Waals surface area contributed by atoms with Crippen LogP contribution in [0.2, 0.25) is 0 Å². The number of benzene rings is 1. The van der Waals surface area contributed by atoms with Gasteiger partial charge >= 0.3 is 0 Å². The third-order valence-electron chi connectivity index (χ3n) is 1.92. The molecule has 4 heteroatoms. The highest BCUT2D eigenvalue weighted by Crippen LogP contribution is 2.22. The molecule has 1 aromatic rings. The summed E-state index contributed by atoms with van der Waals surface area (Å²) in [6.07, 6.45) is 0. The number of ether oxygens (including phenoxy) is 1. The molecular formula is C11H14BrNO2. The first-order valence-corrected chi connectivity index (χ1v) is 5.32. The summed E-state index contributed by atoms with van der Waals surface area (Å²) < 4.78 is 5.95. The normalized spacial score (nSPS) is 10.0. The average molecular weight is 272 g/mol. The monoisotopic (exact) mass is 271 g/mol. The lowest BCUT2D eigenvalue weighted by Gasteiger charge is -2.08. The zero-order valence-corrected chi connectivity index (χ0v) is 10.2. The van der Waals surface area contributed by atoms with Crippen LogP contribution in [0.25, 0.3) is 0 Å². The summed E-state index contributed by atoms with van der Waals surface area (Å²) in [4.78, 5) is 0. The van der Waals surface area contributed by atoms with E-state index < -0.39 is 0 Å². The van der Waals surface area contributed by atoms with E-state index in [0.29, 0.717) is 13.1 Å². The zero-order valence-electron chi connectivity index (χ0n) is 8.59. The lowest BCUT2D eigenvalue weighted by molar-refractivity contribution is 0.410. The van der Waals surface area contributed by atoms with Crippen LogP contribution in [0.3, 0.4) is 0 Å². The smallest absolute Gasteiger partial charge is 0.120 e. The molecule has 0 aliphatic heterocycles. The molecule has 0 heterocycles.